The van der Waals surface area contributed by atoms with E-state index in [2.05, 4.69) is 5.32 Å². The molecule has 1 atom stereocenters. The summed E-state index contributed by atoms with van der Waals surface area (Å²) >= 11 is 0. The summed E-state index contributed by atoms with van der Waals surface area (Å²) < 4.78 is 0. The van der Waals surface area contributed by atoms with Gasteiger partial charge in [-0.05, 0) is 24.1 Å². The van der Waals surface area contributed by atoms with Crippen molar-refractivity contribution in [1.82, 2.24) is 0 Å². The SMILES string of the molecule is CN1CC(=O)Nc2ccc(CC(N)C(=O)O)cc21. The smallest absolute Gasteiger partial charge is 0.320 e. The normalized spacial score (nSPS) is 15.9. The molecule has 0 bridgehead atoms. The molecule has 6 heteroatoms. The number of carbonyl (C=O) groups is 2. The third-order valence-electron chi connectivity index (χ3n) is 2.90. The van der Waals surface area contributed by atoms with Crippen molar-refractivity contribution in [1.29, 1.82) is 0 Å². The van der Waals surface area contributed by atoms with Gasteiger partial charge in [-0.15, -0.1) is 0 Å². The van der Waals surface area contributed by atoms with Crippen molar-refractivity contribution in [2.24, 2.45) is 5.73 Å². The summed E-state index contributed by atoms with van der Waals surface area (Å²) in [5.74, 6) is -1.07. The maximum Gasteiger partial charge on any atom is 0.320 e. The van der Waals surface area contributed by atoms with Crippen LogP contribution in [-0.2, 0) is 16.0 Å². The van der Waals surface area contributed by atoms with E-state index in [4.69, 9.17) is 10.8 Å². The van der Waals surface area contributed by atoms with E-state index in [1.807, 2.05) is 18.0 Å². The van der Waals surface area contributed by atoms with Crippen molar-refractivity contribution in [3.05, 3.63) is 23.8 Å². The third-order valence-corrected chi connectivity index (χ3v) is 2.90. The van der Waals surface area contributed by atoms with Gasteiger partial charge in [-0.3, -0.25) is 9.59 Å². The number of rotatable bonds is 3. The Bertz CT molecular complexity index is 501. The molecule has 0 saturated heterocycles. The lowest BCUT2D eigenvalue weighted by Crippen LogP contribution is -2.36. The zero-order valence-electron chi connectivity index (χ0n) is 10.0. The number of carboxylic acid groups (broad SMARTS) is 1. The van der Waals surface area contributed by atoms with E-state index in [1.165, 1.54) is 0 Å². The molecule has 0 saturated carbocycles. The Balaban J connectivity index is 2.24. The van der Waals surface area contributed by atoms with Crippen molar-refractivity contribution in [3.8, 4) is 0 Å². The van der Waals surface area contributed by atoms with Crippen molar-refractivity contribution in [2.45, 2.75) is 12.5 Å². The van der Waals surface area contributed by atoms with Crippen LogP contribution in [0.2, 0.25) is 0 Å². The van der Waals surface area contributed by atoms with Crippen LogP contribution < -0.4 is 16.0 Å². The number of fused-ring (bicyclic) bond motifs is 1. The van der Waals surface area contributed by atoms with E-state index < -0.39 is 12.0 Å². The fourth-order valence-electron chi connectivity index (χ4n) is 1.96. The van der Waals surface area contributed by atoms with E-state index in [0.29, 0.717) is 6.54 Å². The van der Waals surface area contributed by atoms with Crippen LogP contribution in [0.25, 0.3) is 0 Å². The number of nitrogens with two attached hydrogens (primary N) is 1. The fourth-order valence-corrected chi connectivity index (χ4v) is 1.96. The standard InChI is InChI=1S/C12H15N3O3/c1-15-6-11(16)14-9-3-2-7(5-10(9)15)4-8(13)12(17)18/h2-3,5,8H,4,6,13H2,1H3,(H,14,16)(H,17,18). The molecule has 0 aromatic heterocycles. The predicted octanol–water partition coefficient (Wildman–Crippen LogP) is 0.0293. The van der Waals surface area contributed by atoms with Crippen molar-refractivity contribution in [2.75, 3.05) is 23.8 Å². The molecule has 0 radical (unpaired) electrons. The highest BCUT2D eigenvalue weighted by atomic mass is 16.4. The van der Waals surface area contributed by atoms with Gasteiger partial charge in [0.05, 0.1) is 17.9 Å². The summed E-state index contributed by atoms with van der Waals surface area (Å²) in [7, 11) is 1.82. The number of carbonyl (C=O) groups excluding carboxylic acids is 1. The largest absolute Gasteiger partial charge is 0.480 e. The monoisotopic (exact) mass is 249 g/mol. The van der Waals surface area contributed by atoms with E-state index in [0.717, 1.165) is 16.9 Å². The second-order valence-electron chi connectivity index (χ2n) is 4.40. The molecule has 96 valence electrons. The zero-order valence-corrected chi connectivity index (χ0v) is 10.0. The van der Waals surface area contributed by atoms with Gasteiger partial charge >= 0.3 is 5.97 Å². The van der Waals surface area contributed by atoms with E-state index in [9.17, 15) is 9.59 Å². The molecular formula is C12H15N3O3. The van der Waals surface area contributed by atoms with Crippen LogP contribution >= 0.6 is 0 Å². The van der Waals surface area contributed by atoms with Gasteiger partial charge in [-0.2, -0.15) is 0 Å². The number of hydrogen-bond acceptors (Lipinski definition) is 4. The maximum absolute atomic E-state index is 11.3. The van der Waals surface area contributed by atoms with Gasteiger partial charge in [0.2, 0.25) is 5.91 Å². The van der Waals surface area contributed by atoms with Gasteiger partial charge in [0.1, 0.15) is 6.04 Å². The highest BCUT2D eigenvalue weighted by molar-refractivity contribution is 6.01. The molecule has 6 nitrogen and oxygen atoms in total. The van der Waals surface area contributed by atoms with Crippen molar-refractivity contribution < 1.29 is 14.7 Å². The lowest BCUT2D eigenvalue weighted by molar-refractivity contribution is -0.138. The van der Waals surface area contributed by atoms with Gasteiger partial charge < -0.3 is 21.1 Å². The summed E-state index contributed by atoms with van der Waals surface area (Å²) in [5.41, 5.74) is 7.95. The summed E-state index contributed by atoms with van der Waals surface area (Å²) in [4.78, 5) is 23.9. The van der Waals surface area contributed by atoms with Crippen LogP contribution in [0.3, 0.4) is 0 Å². The maximum atomic E-state index is 11.3. The molecule has 1 aromatic rings. The first kappa shape index (κ1) is 12.4. The van der Waals surface area contributed by atoms with Crippen LogP contribution in [0.15, 0.2) is 18.2 Å². The minimum atomic E-state index is -1.02. The van der Waals surface area contributed by atoms with E-state index in [1.54, 1.807) is 12.1 Å². The summed E-state index contributed by atoms with van der Waals surface area (Å²) in [6, 6.07) is 4.50. The number of likely N-dealkylation sites (N-methyl/N-ethyl adjacent to an activating group) is 1. The first-order chi connectivity index (χ1) is 8.47. The molecule has 0 fully saturated rings. The third kappa shape index (κ3) is 2.43. The highest BCUT2D eigenvalue weighted by Crippen LogP contribution is 2.29. The number of benzene rings is 1. The first-order valence-corrected chi connectivity index (χ1v) is 5.59. The predicted molar refractivity (Wildman–Crippen MR) is 67.7 cm³/mol. The molecule has 1 aliphatic heterocycles. The summed E-state index contributed by atoms with van der Waals surface area (Å²) in [6.07, 6.45) is 0.268. The van der Waals surface area contributed by atoms with Crippen LogP contribution in [0.1, 0.15) is 5.56 Å². The summed E-state index contributed by atoms with van der Waals surface area (Å²) in [6.45, 7) is 0.293. The molecule has 1 aliphatic rings. The van der Waals surface area contributed by atoms with Crippen LogP contribution in [0, 0.1) is 0 Å². The Morgan fingerprint density at radius 3 is 3.00 bits per heavy atom. The quantitative estimate of drug-likeness (QED) is 0.702. The average molecular weight is 249 g/mol. The number of aliphatic carboxylic acids is 1. The Morgan fingerprint density at radius 2 is 2.33 bits per heavy atom. The van der Waals surface area contributed by atoms with E-state index >= 15 is 0 Å². The zero-order chi connectivity index (χ0) is 13.3. The van der Waals surface area contributed by atoms with Gasteiger partial charge in [0.25, 0.3) is 0 Å². The fraction of sp³-hybridized carbons (Fsp3) is 0.333. The van der Waals surface area contributed by atoms with Crippen molar-refractivity contribution >= 4 is 23.3 Å². The van der Waals surface area contributed by atoms with Gasteiger partial charge in [-0.1, -0.05) is 6.07 Å². The lowest BCUT2D eigenvalue weighted by atomic mass is 10.0. The second kappa shape index (κ2) is 4.66. The molecule has 0 spiro atoms. The molecule has 1 heterocycles. The lowest BCUT2D eigenvalue weighted by Gasteiger charge is -2.27. The van der Waals surface area contributed by atoms with Gasteiger partial charge in [-0.25, -0.2) is 0 Å². The number of anilines is 2. The average Bonchev–Trinajstić information content (AvgIpc) is 2.29. The molecule has 1 unspecified atom stereocenters. The number of hydrogen-bond donors (Lipinski definition) is 3. The molecule has 4 N–H and O–H groups in total. The molecule has 0 aliphatic carbocycles. The summed E-state index contributed by atoms with van der Waals surface area (Å²) in [5, 5.41) is 11.5. The molecular weight excluding hydrogens is 234 g/mol. The molecule has 18 heavy (non-hydrogen) atoms. The van der Waals surface area contributed by atoms with Crippen LogP contribution in [0.5, 0.6) is 0 Å². The molecule has 2 rings (SSSR count). The van der Waals surface area contributed by atoms with Gasteiger partial charge in [0, 0.05) is 7.05 Å². The van der Waals surface area contributed by atoms with Crippen LogP contribution in [0.4, 0.5) is 11.4 Å². The number of nitrogens with one attached hydrogen (secondary N) is 1. The van der Waals surface area contributed by atoms with Gasteiger partial charge in [0.15, 0.2) is 0 Å². The Labute approximate surface area is 104 Å². The number of nitrogens with zero attached hydrogens (tertiary/aromatic N) is 1. The molecule has 1 aromatic carbocycles. The van der Waals surface area contributed by atoms with E-state index in [-0.39, 0.29) is 12.3 Å². The van der Waals surface area contributed by atoms with Crippen molar-refractivity contribution in [3.63, 3.8) is 0 Å². The van der Waals surface area contributed by atoms with Crippen LogP contribution in [-0.4, -0.2) is 36.6 Å². The minimum Gasteiger partial charge on any atom is -0.480 e. The Morgan fingerprint density at radius 1 is 1.61 bits per heavy atom. The molecule has 1 amide bonds. The highest BCUT2D eigenvalue weighted by Gasteiger charge is 2.20. The first-order valence-electron chi connectivity index (χ1n) is 5.59. The minimum absolute atomic E-state index is 0.0556. The second-order valence-corrected chi connectivity index (χ2v) is 4.40. The topological polar surface area (TPSA) is 95.7 Å². The number of carboxylic acids is 1. The Kier molecular flexibility index (Phi) is 3.20. The Hall–Kier alpha value is -2.08. The number of amides is 1.